The normalized spacial score (nSPS) is 22.4. The van der Waals surface area contributed by atoms with E-state index in [1.165, 1.54) is 6.42 Å². The van der Waals surface area contributed by atoms with Crippen LogP contribution in [0, 0.1) is 5.41 Å². The largest absolute Gasteiger partial charge is 0.349 e. The van der Waals surface area contributed by atoms with Crippen molar-refractivity contribution in [3.63, 3.8) is 0 Å². The number of hydrogen-bond acceptors (Lipinski definition) is 2. The van der Waals surface area contributed by atoms with Gasteiger partial charge < -0.3 is 5.32 Å². The molecule has 0 saturated heterocycles. The highest BCUT2D eigenvalue weighted by Crippen LogP contribution is 2.37. The lowest BCUT2D eigenvalue weighted by atomic mass is 9.87. The Morgan fingerprint density at radius 2 is 2.35 bits per heavy atom. The van der Waals surface area contributed by atoms with E-state index in [1.54, 1.807) is 18.3 Å². The van der Waals surface area contributed by atoms with E-state index in [4.69, 9.17) is 11.6 Å². The van der Waals surface area contributed by atoms with Gasteiger partial charge in [-0.25, -0.2) is 4.98 Å². The van der Waals surface area contributed by atoms with Crippen LogP contribution in [-0.2, 0) is 0 Å². The van der Waals surface area contributed by atoms with E-state index in [0.29, 0.717) is 5.56 Å². The Balaban J connectivity index is 2.10. The van der Waals surface area contributed by atoms with Crippen LogP contribution in [0.1, 0.15) is 43.5 Å². The van der Waals surface area contributed by atoms with Crippen molar-refractivity contribution in [2.75, 3.05) is 0 Å². The van der Waals surface area contributed by atoms with Gasteiger partial charge in [0.25, 0.3) is 5.91 Å². The average Bonchev–Trinajstić information content (AvgIpc) is 2.59. The van der Waals surface area contributed by atoms with Crippen molar-refractivity contribution in [3.8, 4) is 0 Å². The van der Waals surface area contributed by atoms with Gasteiger partial charge in [-0.3, -0.25) is 4.79 Å². The molecule has 0 bridgehead atoms. The Labute approximate surface area is 107 Å². The number of carbonyl (C=O) groups is 1. The van der Waals surface area contributed by atoms with Gasteiger partial charge in [-0.2, -0.15) is 0 Å². The van der Waals surface area contributed by atoms with Crippen LogP contribution in [0.2, 0.25) is 5.15 Å². The first-order valence-electron chi connectivity index (χ1n) is 5.92. The van der Waals surface area contributed by atoms with Crippen LogP contribution >= 0.6 is 11.6 Å². The Bertz CT molecular complexity index is 431. The zero-order valence-corrected chi connectivity index (χ0v) is 10.9. The van der Waals surface area contributed by atoms with Gasteiger partial charge in [-0.05, 0) is 30.4 Å². The Kier molecular flexibility index (Phi) is 3.38. The predicted octanol–water partition coefficient (Wildman–Crippen LogP) is 3.04. The monoisotopic (exact) mass is 252 g/mol. The van der Waals surface area contributed by atoms with Crippen LogP contribution in [0.5, 0.6) is 0 Å². The second kappa shape index (κ2) is 4.65. The predicted molar refractivity (Wildman–Crippen MR) is 68.1 cm³/mol. The number of rotatable bonds is 2. The molecule has 0 aliphatic heterocycles. The smallest absolute Gasteiger partial charge is 0.254 e. The molecule has 3 nitrogen and oxygen atoms in total. The van der Waals surface area contributed by atoms with E-state index >= 15 is 0 Å². The fourth-order valence-corrected chi connectivity index (χ4v) is 2.59. The molecule has 1 aromatic heterocycles. The molecular weight excluding hydrogens is 236 g/mol. The number of nitrogens with one attached hydrogen (secondary N) is 1. The molecular formula is C13H17ClN2O. The summed E-state index contributed by atoms with van der Waals surface area (Å²) in [5.74, 6) is -0.122. The second-order valence-electron chi connectivity index (χ2n) is 5.25. The summed E-state index contributed by atoms with van der Waals surface area (Å²) in [7, 11) is 0. The molecule has 17 heavy (non-hydrogen) atoms. The summed E-state index contributed by atoms with van der Waals surface area (Å²) in [6.45, 7) is 4.38. The molecule has 1 aromatic rings. The minimum Gasteiger partial charge on any atom is -0.349 e. The first-order chi connectivity index (χ1) is 8.00. The van der Waals surface area contributed by atoms with Crippen molar-refractivity contribution in [1.82, 2.24) is 10.3 Å². The second-order valence-corrected chi connectivity index (χ2v) is 5.61. The quantitative estimate of drug-likeness (QED) is 0.822. The van der Waals surface area contributed by atoms with Crippen LogP contribution in [-0.4, -0.2) is 16.9 Å². The van der Waals surface area contributed by atoms with E-state index in [-0.39, 0.29) is 22.5 Å². The van der Waals surface area contributed by atoms with E-state index < -0.39 is 0 Å². The number of nitrogens with zero attached hydrogens (tertiary/aromatic N) is 1. The minimum atomic E-state index is -0.122. The molecule has 1 N–H and O–H groups in total. The molecule has 1 aliphatic rings. The fourth-order valence-electron chi connectivity index (χ4n) is 2.39. The maximum atomic E-state index is 12.1. The maximum absolute atomic E-state index is 12.1. The van der Waals surface area contributed by atoms with Gasteiger partial charge in [-0.15, -0.1) is 0 Å². The van der Waals surface area contributed by atoms with Crippen LogP contribution in [0.4, 0.5) is 0 Å². The first kappa shape index (κ1) is 12.4. The first-order valence-corrected chi connectivity index (χ1v) is 6.30. The van der Waals surface area contributed by atoms with E-state index in [2.05, 4.69) is 24.1 Å². The molecule has 0 radical (unpaired) electrons. The van der Waals surface area contributed by atoms with Gasteiger partial charge >= 0.3 is 0 Å². The van der Waals surface area contributed by atoms with Gasteiger partial charge in [0.1, 0.15) is 5.15 Å². The summed E-state index contributed by atoms with van der Waals surface area (Å²) >= 11 is 5.90. The Morgan fingerprint density at radius 3 is 2.94 bits per heavy atom. The number of pyridine rings is 1. The molecule has 1 unspecified atom stereocenters. The number of aromatic nitrogens is 1. The number of halogens is 1. The van der Waals surface area contributed by atoms with E-state index in [1.807, 2.05) is 0 Å². The lowest BCUT2D eigenvalue weighted by molar-refractivity contribution is 0.0910. The van der Waals surface area contributed by atoms with Crippen LogP contribution in [0.25, 0.3) is 0 Å². The number of carbonyl (C=O) groups excluding carboxylic acids is 1. The topological polar surface area (TPSA) is 42.0 Å². The molecule has 92 valence electrons. The third-order valence-electron chi connectivity index (χ3n) is 3.57. The van der Waals surface area contributed by atoms with Crippen molar-refractivity contribution in [2.45, 2.75) is 39.2 Å². The van der Waals surface area contributed by atoms with Gasteiger partial charge in [0, 0.05) is 12.2 Å². The highest BCUT2D eigenvalue weighted by Gasteiger charge is 2.35. The molecule has 2 rings (SSSR count). The van der Waals surface area contributed by atoms with Gasteiger partial charge in [-0.1, -0.05) is 31.9 Å². The van der Waals surface area contributed by atoms with E-state index in [9.17, 15) is 4.79 Å². The molecule has 1 atom stereocenters. The average molecular weight is 253 g/mol. The number of hydrogen-bond donors (Lipinski definition) is 1. The Morgan fingerprint density at radius 1 is 1.59 bits per heavy atom. The highest BCUT2D eigenvalue weighted by molar-refractivity contribution is 6.32. The molecule has 1 saturated carbocycles. The third-order valence-corrected chi connectivity index (χ3v) is 3.87. The van der Waals surface area contributed by atoms with Crippen molar-refractivity contribution < 1.29 is 4.79 Å². The summed E-state index contributed by atoms with van der Waals surface area (Å²) in [5, 5.41) is 3.33. The standard InChI is InChI=1S/C13H17ClN2O/c1-13(2)7-3-6-10(13)16-12(17)9-5-4-8-15-11(9)14/h4-5,8,10H,3,6-7H2,1-2H3,(H,16,17). The van der Waals surface area contributed by atoms with Crippen molar-refractivity contribution in [2.24, 2.45) is 5.41 Å². The highest BCUT2D eigenvalue weighted by atomic mass is 35.5. The summed E-state index contributed by atoms with van der Waals surface area (Å²) in [6, 6.07) is 3.65. The summed E-state index contributed by atoms with van der Waals surface area (Å²) in [5.41, 5.74) is 0.626. The third kappa shape index (κ3) is 2.60. The van der Waals surface area contributed by atoms with Crippen molar-refractivity contribution in [1.29, 1.82) is 0 Å². The van der Waals surface area contributed by atoms with Crippen LogP contribution < -0.4 is 5.32 Å². The molecule has 1 fully saturated rings. The zero-order chi connectivity index (χ0) is 12.5. The van der Waals surface area contributed by atoms with Crippen molar-refractivity contribution >= 4 is 17.5 Å². The molecule has 1 heterocycles. The summed E-state index contributed by atoms with van der Waals surface area (Å²) in [4.78, 5) is 16.0. The lowest BCUT2D eigenvalue weighted by Gasteiger charge is -2.27. The summed E-state index contributed by atoms with van der Waals surface area (Å²) < 4.78 is 0. The molecule has 1 aliphatic carbocycles. The van der Waals surface area contributed by atoms with Gasteiger partial charge in [0.05, 0.1) is 5.56 Å². The maximum Gasteiger partial charge on any atom is 0.254 e. The zero-order valence-electron chi connectivity index (χ0n) is 10.2. The number of amides is 1. The van der Waals surface area contributed by atoms with Gasteiger partial charge in [0.15, 0.2) is 0 Å². The fraction of sp³-hybridized carbons (Fsp3) is 0.538. The Hall–Kier alpha value is -1.09. The van der Waals surface area contributed by atoms with Gasteiger partial charge in [0.2, 0.25) is 0 Å². The molecule has 1 amide bonds. The minimum absolute atomic E-state index is 0.122. The van der Waals surface area contributed by atoms with Crippen LogP contribution in [0.15, 0.2) is 18.3 Å². The van der Waals surface area contributed by atoms with E-state index in [0.717, 1.165) is 12.8 Å². The molecule has 4 heteroatoms. The lowest BCUT2D eigenvalue weighted by Crippen LogP contribution is -2.41. The van der Waals surface area contributed by atoms with Crippen LogP contribution in [0.3, 0.4) is 0 Å². The molecule has 0 spiro atoms. The van der Waals surface area contributed by atoms with Crippen molar-refractivity contribution in [3.05, 3.63) is 29.0 Å². The molecule has 0 aromatic carbocycles. The summed E-state index contributed by atoms with van der Waals surface area (Å²) in [6.07, 6.45) is 4.94. The SMILES string of the molecule is CC1(C)CCCC1NC(=O)c1cccnc1Cl.